The smallest absolute Gasteiger partial charge is 0.408 e. The molecule has 1 unspecified atom stereocenters. The predicted octanol–water partition coefficient (Wildman–Crippen LogP) is 7.35. The van der Waals surface area contributed by atoms with Crippen LogP contribution in [0.1, 0.15) is 42.5 Å². The highest BCUT2D eigenvalue weighted by molar-refractivity contribution is 6.00. The summed E-state index contributed by atoms with van der Waals surface area (Å²) in [4.78, 5) is 36.4. The number of carbonyl (C=O) groups is 3. The van der Waals surface area contributed by atoms with E-state index in [2.05, 4.69) is 16.0 Å². The quantitative estimate of drug-likeness (QED) is 0.126. The van der Waals surface area contributed by atoms with Crippen molar-refractivity contribution >= 4 is 29.5 Å². The molecule has 4 N–H and O–H groups in total. The van der Waals surface area contributed by atoms with Gasteiger partial charge in [0.25, 0.3) is 0 Å². The monoisotopic (exact) mass is 609 g/mol. The maximum atomic E-state index is 12.4. The highest BCUT2D eigenvalue weighted by atomic mass is 16.5. The Morgan fingerprint density at radius 1 is 0.778 bits per heavy atom. The minimum absolute atomic E-state index is 0.0526. The number of rotatable bonds is 13. The third kappa shape index (κ3) is 10.7. The van der Waals surface area contributed by atoms with Crippen molar-refractivity contribution < 1.29 is 29.0 Å². The lowest BCUT2D eigenvalue weighted by Crippen LogP contribution is -2.42. The fraction of sp³-hybridized carbons (Fsp3) is 0.250. The molecular formula is C36H39N3O6. The first-order chi connectivity index (χ1) is 21.6. The molecular weight excluding hydrogens is 570 g/mol. The van der Waals surface area contributed by atoms with Crippen molar-refractivity contribution in [1.29, 1.82) is 0 Å². The normalized spacial score (nSPS) is 11.6. The van der Waals surface area contributed by atoms with Gasteiger partial charge in [0, 0.05) is 17.8 Å². The number of benzene rings is 4. The zero-order valence-electron chi connectivity index (χ0n) is 25.7. The molecule has 234 valence electrons. The SMILES string of the molecule is Cc1ccccc1NC(=O)Nc1ccc(CCC(C)(C)Oc2ccc(CC(NC(=O)OCc3ccccc3)C(=O)O)cc2)cc1. The summed E-state index contributed by atoms with van der Waals surface area (Å²) in [6, 6.07) is 30.2. The summed E-state index contributed by atoms with van der Waals surface area (Å²) in [6.07, 6.45) is 0.818. The topological polar surface area (TPSA) is 126 Å². The number of carbonyl (C=O) groups excluding carboxylic acids is 2. The molecule has 0 aliphatic heterocycles. The molecule has 0 bridgehead atoms. The Kier molecular flexibility index (Phi) is 11.2. The van der Waals surface area contributed by atoms with Crippen LogP contribution in [-0.2, 0) is 29.0 Å². The van der Waals surface area contributed by atoms with Gasteiger partial charge in [-0.1, -0.05) is 72.8 Å². The summed E-state index contributed by atoms with van der Waals surface area (Å²) in [5, 5.41) is 17.8. The second-order valence-electron chi connectivity index (χ2n) is 11.4. The number of carboxylic acids is 1. The number of hydrogen-bond donors (Lipinski definition) is 4. The number of alkyl carbamates (subject to hydrolysis) is 1. The van der Waals surface area contributed by atoms with E-state index in [4.69, 9.17) is 9.47 Å². The minimum Gasteiger partial charge on any atom is -0.488 e. The fourth-order valence-corrected chi connectivity index (χ4v) is 4.60. The average molecular weight is 610 g/mol. The number of amides is 3. The van der Waals surface area contributed by atoms with Gasteiger partial charge in [-0.2, -0.15) is 0 Å². The number of ether oxygens (including phenoxy) is 2. The van der Waals surface area contributed by atoms with Gasteiger partial charge in [-0.3, -0.25) is 0 Å². The molecule has 45 heavy (non-hydrogen) atoms. The molecule has 0 aliphatic carbocycles. The van der Waals surface area contributed by atoms with Gasteiger partial charge in [-0.05, 0) is 86.2 Å². The molecule has 0 saturated heterocycles. The van der Waals surface area contributed by atoms with Crippen LogP contribution in [0.5, 0.6) is 5.75 Å². The van der Waals surface area contributed by atoms with Crippen molar-refractivity contribution in [2.24, 2.45) is 0 Å². The largest absolute Gasteiger partial charge is 0.488 e. The van der Waals surface area contributed by atoms with Gasteiger partial charge in [-0.15, -0.1) is 0 Å². The number of carboxylic acid groups (broad SMARTS) is 1. The molecule has 0 spiro atoms. The Morgan fingerprint density at radius 3 is 2.09 bits per heavy atom. The second kappa shape index (κ2) is 15.4. The minimum atomic E-state index is -1.15. The van der Waals surface area contributed by atoms with Gasteiger partial charge in [0.2, 0.25) is 0 Å². The number of para-hydroxylation sites is 1. The van der Waals surface area contributed by atoms with Crippen LogP contribution in [0.25, 0.3) is 0 Å². The maximum absolute atomic E-state index is 12.4. The molecule has 0 aliphatic rings. The summed E-state index contributed by atoms with van der Waals surface area (Å²) >= 11 is 0. The van der Waals surface area contributed by atoms with Crippen molar-refractivity contribution in [1.82, 2.24) is 5.32 Å². The first-order valence-electron chi connectivity index (χ1n) is 14.8. The van der Waals surface area contributed by atoms with E-state index >= 15 is 0 Å². The highest BCUT2D eigenvalue weighted by Crippen LogP contribution is 2.24. The molecule has 0 heterocycles. The first kappa shape index (κ1) is 32.6. The van der Waals surface area contributed by atoms with Crippen LogP contribution in [0.4, 0.5) is 21.0 Å². The number of urea groups is 1. The van der Waals surface area contributed by atoms with E-state index in [1.807, 2.05) is 99.6 Å². The third-order valence-electron chi connectivity index (χ3n) is 7.18. The Morgan fingerprint density at radius 2 is 1.42 bits per heavy atom. The Bertz CT molecular complexity index is 1570. The number of nitrogens with one attached hydrogen (secondary N) is 3. The van der Waals surface area contributed by atoms with Gasteiger partial charge >= 0.3 is 18.1 Å². The molecule has 1 atom stereocenters. The van der Waals surface area contributed by atoms with Gasteiger partial charge < -0.3 is 30.5 Å². The van der Waals surface area contributed by atoms with Crippen molar-refractivity contribution in [3.05, 3.63) is 125 Å². The summed E-state index contributed by atoms with van der Waals surface area (Å²) in [7, 11) is 0. The standard InChI is InChI=1S/C36H39N3O6/c1-25-9-7-8-12-31(25)38-34(42)37-29-17-13-26(14-18-29)21-22-36(2,3)45-30-19-15-27(16-20-30)23-32(33(40)41)39-35(43)44-24-28-10-5-4-6-11-28/h4-20,32H,21-24H2,1-3H3,(H,39,43)(H,40,41)(H2,37,38,42). The van der Waals surface area contributed by atoms with Crippen LogP contribution in [0.2, 0.25) is 0 Å². The molecule has 9 nitrogen and oxygen atoms in total. The van der Waals surface area contributed by atoms with E-state index < -0.39 is 23.7 Å². The first-order valence-corrected chi connectivity index (χ1v) is 14.8. The Hall–Kier alpha value is -5.31. The lowest BCUT2D eigenvalue weighted by molar-refractivity contribution is -0.139. The molecule has 3 amide bonds. The highest BCUT2D eigenvalue weighted by Gasteiger charge is 2.23. The van der Waals surface area contributed by atoms with Crippen LogP contribution in [0.15, 0.2) is 103 Å². The van der Waals surface area contributed by atoms with Crippen LogP contribution in [-0.4, -0.2) is 34.8 Å². The van der Waals surface area contributed by atoms with Gasteiger partial charge in [0.1, 0.15) is 24.0 Å². The summed E-state index contributed by atoms with van der Waals surface area (Å²) < 4.78 is 11.4. The molecule has 4 aromatic rings. The molecule has 0 radical (unpaired) electrons. The molecule has 0 fully saturated rings. The van der Waals surface area contributed by atoms with Crippen molar-refractivity contribution in [2.75, 3.05) is 10.6 Å². The fourth-order valence-electron chi connectivity index (χ4n) is 4.60. The summed E-state index contributed by atoms with van der Waals surface area (Å²) in [5.41, 5.74) is 4.63. The number of hydrogen-bond acceptors (Lipinski definition) is 5. The number of aryl methyl sites for hydroxylation is 2. The molecule has 4 aromatic carbocycles. The average Bonchev–Trinajstić information content (AvgIpc) is 3.02. The van der Waals surface area contributed by atoms with Crippen molar-refractivity contribution in [3.63, 3.8) is 0 Å². The van der Waals surface area contributed by atoms with Gasteiger partial charge in [-0.25, -0.2) is 14.4 Å². The molecule has 9 heteroatoms. The molecule has 0 saturated carbocycles. The van der Waals surface area contributed by atoms with Crippen LogP contribution in [0, 0.1) is 6.92 Å². The van der Waals surface area contributed by atoms with Crippen LogP contribution < -0.4 is 20.7 Å². The van der Waals surface area contributed by atoms with Crippen LogP contribution >= 0.6 is 0 Å². The van der Waals surface area contributed by atoms with E-state index in [0.29, 0.717) is 11.4 Å². The van der Waals surface area contributed by atoms with Crippen molar-refractivity contribution in [2.45, 2.75) is 58.3 Å². The maximum Gasteiger partial charge on any atom is 0.408 e. The van der Waals surface area contributed by atoms with Crippen molar-refractivity contribution in [3.8, 4) is 5.75 Å². The van der Waals surface area contributed by atoms with Crippen LogP contribution in [0.3, 0.4) is 0 Å². The lowest BCUT2D eigenvalue weighted by Gasteiger charge is -2.27. The van der Waals surface area contributed by atoms with Gasteiger partial charge in [0.15, 0.2) is 0 Å². The predicted molar refractivity (Wildman–Crippen MR) is 175 cm³/mol. The number of anilines is 2. The van der Waals surface area contributed by atoms with E-state index in [1.165, 1.54) is 0 Å². The Labute approximate surface area is 263 Å². The number of aliphatic carboxylic acids is 1. The molecule has 4 rings (SSSR count). The summed E-state index contributed by atoms with van der Waals surface area (Å²) in [5.74, 6) is -0.493. The van der Waals surface area contributed by atoms with E-state index in [-0.39, 0.29) is 19.1 Å². The van der Waals surface area contributed by atoms with E-state index in [9.17, 15) is 19.5 Å². The lowest BCUT2D eigenvalue weighted by atomic mass is 9.98. The zero-order chi connectivity index (χ0) is 32.2. The van der Waals surface area contributed by atoms with E-state index in [0.717, 1.165) is 40.8 Å². The van der Waals surface area contributed by atoms with Gasteiger partial charge in [0.05, 0.1) is 0 Å². The summed E-state index contributed by atoms with van der Waals surface area (Å²) in [6.45, 7) is 6.02. The second-order valence-corrected chi connectivity index (χ2v) is 11.4. The Balaban J connectivity index is 1.22. The van der Waals surface area contributed by atoms with E-state index in [1.54, 1.807) is 24.3 Å². The zero-order valence-corrected chi connectivity index (χ0v) is 25.7. The molecule has 0 aromatic heterocycles. The third-order valence-corrected chi connectivity index (χ3v) is 7.18.